The number of hydrogen-bond donors (Lipinski definition) is 0. The van der Waals surface area contributed by atoms with E-state index in [4.69, 9.17) is 0 Å². The molecule has 0 bridgehead atoms. The molecule has 0 heterocycles. The van der Waals surface area contributed by atoms with Gasteiger partial charge < -0.3 is 0 Å². The summed E-state index contributed by atoms with van der Waals surface area (Å²) in [5.41, 5.74) is 10.3. The van der Waals surface area contributed by atoms with Crippen molar-refractivity contribution in [1.29, 1.82) is 0 Å². The normalized spacial score (nSPS) is 12.6. The minimum absolute atomic E-state index is 0.00316. The van der Waals surface area contributed by atoms with Crippen molar-refractivity contribution in [1.82, 2.24) is 0 Å². The second-order valence-electron chi connectivity index (χ2n) is 17.4. The summed E-state index contributed by atoms with van der Waals surface area (Å²) in [4.78, 5) is 0. The zero-order valence-corrected chi connectivity index (χ0v) is 32.0. The maximum absolute atomic E-state index is 2.48. The van der Waals surface area contributed by atoms with Crippen LogP contribution in [0, 0.1) is 0 Å². The van der Waals surface area contributed by atoms with Crippen molar-refractivity contribution >= 4 is 64.6 Å². The SMILES string of the molecule is CC(C)(C)c1ccc2c(-c3ccc4ccccc4c3)c3cc(C(C)(C)C)ccc3c(-c3cccc(-c4ccc5ccc6cccc7ccc4c5c67)c3)c2c1. The Kier molecular flexibility index (Phi) is 7.11. The van der Waals surface area contributed by atoms with Crippen LogP contribution in [0.5, 0.6) is 0 Å². The van der Waals surface area contributed by atoms with Crippen LogP contribution < -0.4 is 0 Å². The predicted molar refractivity (Wildman–Crippen MR) is 236 cm³/mol. The molecule has 0 aliphatic rings. The summed E-state index contributed by atoms with van der Waals surface area (Å²) in [6.07, 6.45) is 0. The monoisotopic (exact) mass is 692 g/mol. The second-order valence-corrected chi connectivity index (χ2v) is 17.4. The summed E-state index contributed by atoms with van der Waals surface area (Å²) in [5.74, 6) is 0. The van der Waals surface area contributed by atoms with Crippen LogP contribution in [0.3, 0.4) is 0 Å². The Hall–Kier alpha value is -5.98. The summed E-state index contributed by atoms with van der Waals surface area (Å²) in [6, 6.07) is 60.0. The first-order valence-electron chi connectivity index (χ1n) is 19.3. The van der Waals surface area contributed by atoms with E-state index in [1.807, 2.05) is 0 Å². The quantitative estimate of drug-likeness (QED) is 0.128. The van der Waals surface area contributed by atoms with Crippen molar-refractivity contribution in [3.8, 4) is 33.4 Å². The summed E-state index contributed by atoms with van der Waals surface area (Å²) >= 11 is 0. The highest BCUT2D eigenvalue weighted by atomic mass is 14.3. The van der Waals surface area contributed by atoms with Gasteiger partial charge in [0.05, 0.1) is 0 Å². The number of hydrogen-bond acceptors (Lipinski definition) is 0. The zero-order chi connectivity index (χ0) is 36.9. The van der Waals surface area contributed by atoms with Gasteiger partial charge in [-0.15, -0.1) is 0 Å². The van der Waals surface area contributed by atoms with E-state index < -0.39 is 0 Å². The third-order valence-corrected chi connectivity index (χ3v) is 11.9. The molecule has 260 valence electrons. The molecule has 0 atom stereocenters. The van der Waals surface area contributed by atoms with Gasteiger partial charge in [0.2, 0.25) is 0 Å². The van der Waals surface area contributed by atoms with Crippen molar-refractivity contribution in [2.45, 2.75) is 52.4 Å². The van der Waals surface area contributed by atoms with Crippen LogP contribution in [-0.2, 0) is 10.8 Å². The molecule has 10 aromatic carbocycles. The molecule has 0 nitrogen and oxygen atoms in total. The van der Waals surface area contributed by atoms with Gasteiger partial charge in [-0.1, -0.05) is 175 Å². The number of fused-ring (bicyclic) bond motifs is 3. The van der Waals surface area contributed by atoms with E-state index in [0.29, 0.717) is 0 Å². The molecule has 0 saturated heterocycles. The first kappa shape index (κ1) is 32.7. The highest BCUT2D eigenvalue weighted by Gasteiger charge is 2.23. The molecular weight excluding hydrogens is 649 g/mol. The fraction of sp³-hybridized carbons (Fsp3) is 0.148. The molecule has 10 aromatic rings. The molecule has 0 fully saturated rings. The molecule has 0 spiro atoms. The average molecular weight is 693 g/mol. The van der Waals surface area contributed by atoms with Gasteiger partial charge in [0.25, 0.3) is 0 Å². The van der Waals surface area contributed by atoms with E-state index in [0.717, 1.165) is 0 Å². The Balaban J connectivity index is 1.29. The average Bonchev–Trinajstić information content (AvgIpc) is 3.17. The van der Waals surface area contributed by atoms with Crippen LogP contribution in [0.25, 0.3) is 98.0 Å². The van der Waals surface area contributed by atoms with Crippen molar-refractivity contribution in [3.63, 3.8) is 0 Å². The predicted octanol–water partition coefficient (Wildman–Crippen LogP) is 15.6. The van der Waals surface area contributed by atoms with Crippen molar-refractivity contribution in [2.24, 2.45) is 0 Å². The molecule has 0 saturated carbocycles. The Morgan fingerprint density at radius 3 is 1.43 bits per heavy atom. The smallest absolute Gasteiger partial charge is 0.00206 e. The van der Waals surface area contributed by atoms with Gasteiger partial charge in [0.15, 0.2) is 0 Å². The largest absolute Gasteiger partial charge is 0.0616 e. The maximum atomic E-state index is 2.48. The van der Waals surface area contributed by atoms with Crippen LogP contribution in [0.4, 0.5) is 0 Å². The van der Waals surface area contributed by atoms with Gasteiger partial charge in [-0.05, 0) is 144 Å². The maximum Gasteiger partial charge on any atom is -0.00206 e. The fourth-order valence-electron chi connectivity index (χ4n) is 8.96. The number of rotatable bonds is 3. The van der Waals surface area contributed by atoms with Gasteiger partial charge >= 0.3 is 0 Å². The molecule has 0 amide bonds. The zero-order valence-electron chi connectivity index (χ0n) is 32.0. The van der Waals surface area contributed by atoms with Gasteiger partial charge in [-0.25, -0.2) is 0 Å². The van der Waals surface area contributed by atoms with E-state index in [9.17, 15) is 0 Å². The minimum Gasteiger partial charge on any atom is -0.0616 e. The lowest BCUT2D eigenvalue weighted by molar-refractivity contribution is 0.590. The fourth-order valence-corrected chi connectivity index (χ4v) is 8.96. The van der Waals surface area contributed by atoms with Crippen molar-refractivity contribution in [3.05, 3.63) is 169 Å². The Morgan fingerprint density at radius 2 is 0.778 bits per heavy atom. The van der Waals surface area contributed by atoms with Crippen LogP contribution in [-0.4, -0.2) is 0 Å². The third kappa shape index (κ3) is 5.12. The first-order valence-corrected chi connectivity index (χ1v) is 19.3. The molecule has 54 heavy (non-hydrogen) atoms. The van der Waals surface area contributed by atoms with Crippen LogP contribution in [0.15, 0.2) is 158 Å². The van der Waals surface area contributed by atoms with Crippen molar-refractivity contribution in [2.75, 3.05) is 0 Å². The highest BCUT2D eigenvalue weighted by molar-refractivity contribution is 6.26. The molecule has 0 radical (unpaired) electrons. The van der Waals surface area contributed by atoms with E-state index in [1.54, 1.807) is 0 Å². The Bertz CT molecular complexity index is 3090. The topological polar surface area (TPSA) is 0 Å². The molecule has 0 aliphatic carbocycles. The van der Waals surface area contributed by atoms with Gasteiger partial charge in [0, 0.05) is 0 Å². The van der Waals surface area contributed by atoms with E-state index in [1.165, 1.54) is 109 Å². The molecule has 10 rings (SSSR count). The Labute approximate surface area is 318 Å². The van der Waals surface area contributed by atoms with Gasteiger partial charge in [0.1, 0.15) is 0 Å². The molecule has 0 aromatic heterocycles. The lowest BCUT2D eigenvalue weighted by Gasteiger charge is -2.25. The second kappa shape index (κ2) is 11.8. The molecule has 0 N–H and O–H groups in total. The summed E-state index contributed by atoms with van der Waals surface area (Å²) in [5, 5.41) is 15.6. The van der Waals surface area contributed by atoms with Crippen LogP contribution in [0.2, 0.25) is 0 Å². The first-order chi connectivity index (χ1) is 26.0. The van der Waals surface area contributed by atoms with E-state index >= 15 is 0 Å². The van der Waals surface area contributed by atoms with Gasteiger partial charge in [-0.2, -0.15) is 0 Å². The summed E-state index contributed by atoms with van der Waals surface area (Å²) in [7, 11) is 0. The standard InChI is InChI=1S/C54H44/c1-53(2,3)41-24-28-46-47(31-41)50(45-27-23-42(54(4,5)6)32-48(45)51(46)40-20-17-33-11-7-8-12-37(33)29-40)39-16-10-15-38(30-39)43-25-21-36-19-18-34-13-9-14-35-22-26-44(43)52(36)49(34)35/h7-32H,1-6H3. The summed E-state index contributed by atoms with van der Waals surface area (Å²) < 4.78 is 0. The lowest BCUT2D eigenvalue weighted by Crippen LogP contribution is -2.11. The molecular formula is C54H44. The van der Waals surface area contributed by atoms with Crippen LogP contribution in [0.1, 0.15) is 52.7 Å². The highest BCUT2D eigenvalue weighted by Crippen LogP contribution is 2.47. The third-order valence-electron chi connectivity index (χ3n) is 11.9. The van der Waals surface area contributed by atoms with Crippen LogP contribution >= 0.6 is 0 Å². The molecule has 0 heteroatoms. The molecule has 0 unspecified atom stereocenters. The lowest BCUT2D eigenvalue weighted by atomic mass is 9.79. The van der Waals surface area contributed by atoms with Crippen molar-refractivity contribution < 1.29 is 0 Å². The van der Waals surface area contributed by atoms with Gasteiger partial charge in [-0.3, -0.25) is 0 Å². The van der Waals surface area contributed by atoms with E-state index in [-0.39, 0.29) is 10.8 Å². The number of benzene rings is 10. The molecule has 0 aliphatic heterocycles. The van der Waals surface area contributed by atoms with E-state index in [2.05, 4.69) is 199 Å². The summed E-state index contributed by atoms with van der Waals surface area (Å²) in [6.45, 7) is 13.9. The Morgan fingerprint density at radius 1 is 0.296 bits per heavy atom. The minimum atomic E-state index is 0.00316.